The number of halogens is 1. The van der Waals surface area contributed by atoms with Gasteiger partial charge in [-0.2, -0.15) is 0 Å². The molecule has 0 spiro atoms. The summed E-state index contributed by atoms with van der Waals surface area (Å²) in [6.45, 7) is 5.93. The number of carbonyl (C=O) groups excluding carboxylic acids is 2. The van der Waals surface area contributed by atoms with Gasteiger partial charge in [0.2, 0.25) is 5.91 Å². The molecular formula is C15H22ClN3O2. The first-order chi connectivity index (χ1) is 9.58. The Morgan fingerprint density at radius 1 is 1.33 bits per heavy atom. The monoisotopic (exact) mass is 311 g/mol. The molecule has 1 aromatic rings. The zero-order valence-electron chi connectivity index (χ0n) is 12.1. The number of nitrogens with two attached hydrogens (primary N) is 1. The van der Waals surface area contributed by atoms with Crippen molar-refractivity contribution in [3.8, 4) is 0 Å². The number of anilines is 1. The molecule has 1 unspecified atom stereocenters. The summed E-state index contributed by atoms with van der Waals surface area (Å²) in [5.41, 5.74) is 6.88. The fraction of sp³-hybridized carbons (Fsp3) is 0.333. The molecule has 0 radical (unpaired) electrons. The van der Waals surface area contributed by atoms with Crippen LogP contribution in [0.15, 0.2) is 36.9 Å². The third-order valence-electron chi connectivity index (χ3n) is 2.76. The number of nitrogens with one attached hydrogen (secondary N) is 2. The van der Waals surface area contributed by atoms with Crippen molar-refractivity contribution < 1.29 is 9.59 Å². The van der Waals surface area contributed by atoms with E-state index >= 15 is 0 Å². The normalized spacial score (nSPS) is 11.0. The van der Waals surface area contributed by atoms with Crippen LogP contribution in [0.2, 0.25) is 0 Å². The molecule has 0 aliphatic carbocycles. The predicted octanol–water partition coefficient (Wildman–Crippen LogP) is 2.09. The Labute approximate surface area is 131 Å². The van der Waals surface area contributed by atoms with Crippen molar-refractivity contribution in [3.63, 3.8) is 0 Å². The molecule has 0 fully saturated rings. The minimum atomic E-state index is -0.504. The van der Waals surface area contributed by atoms with Crippen LogP contribution in [0.25, 0.3) is 0 Å². The van der Waals surface area contributed by atoms with Crippen molar-refractivity contribution in [1.82, 2.24) is 5.32 Å². The van der Waals surface area contributed by atoms with Gasteiger partial charge < -0.3 is 16.4 Å². The van der Waals surface area contributed by atoms with Crippen LogP contribution in [-0.4, -0.2) is 24.4 Å². The summed E-state index contributed by atoms with van der Waals surface area (Å²) in [6, 6.07) is 6.16. The highest BCUT2D eigenvalue weighted by atomic mass is 35.5. The van der Waals surface area contributed by atoms with Gasteiger partial charge in [0, 0.05) is 17.8 Å². The fourth-order valence-corrected chi connectivity index (χ4v) is 1.65. The van der Waals surface area contributed by atoms with Crippen molar-refractivity contribution in [2.45, 2.75) is 25.8 Å². The Balaban J connectivity index is 0.00000400. The van der Waals surface area contributed by atoms with E-state index < -0.39 is 6.04 Å². The first-order valence-corrected chi connectivity index (χ1v) is 6.64. The lowest BCUT2D eigenvalue weighted by Crippen LogP contribution is -2.35. The maximum atomic E-state index is 11.7. The van der Waals surface area contributed by atoms with Crippen LogP contribution < -0.4 is 16.4 Å². The average molecular weight is 312 g/mol. The topological polar surface area (TPSA) is 84.2 Å². The largest absolute Gasteiger partial charge is 0.349 e. The Bertz CT molecular complexity index is 474. The Kier molecular flexibility index (Phi) is 9.08. The second-order valence-corrected chi connectivity index (χ2v) is 4.46. The second kappa shape index (κ2) is 9.96. The van der Waals surface area contributed by atoms with E-state index in [0.29, 0.717) is 24.2 Å². The third kappa shape index (κ3) is 6.42. The maximum Gasteiger partial charge on any atom is 0.251 e. The first kappa shape index (κ1) is 19.1. The van der Waals surface area contributed by atoms with Crippen LogP contribution in [0.3, 0.4) is 0 Å². The van der Waals surface area contributed by atoms with Crippen molar-refractivity contribution in [2.75, 3.05) is 11.9 Å². The molecular weight excluding hydrogens is 290 g/mol. The summed E-state index contributed by atoms with van der Waals surface area (Å²) >= 11 is 0. The van der Waals surface area contributed by atoms with Crippen LogP contribution in [0.4, 0.5) is 5.69 Å². The van der Waals surface area contributed by atoms with E-state index in [1.807, 2.05) is 6.92 Å². The molecule has 5 nitrogen and oxygen atoms in total. The molecule has 0 heterocycles. The minimum absolute atomic E-state index is 0. The van der Waals surface area contributed by atoms with E-state index in [9.17, 15) is 9.59 Å². The quantitative estimate of drug-likeness (QED) is 0.674. The van der Waals surface area contributed by atoms with Crippen molar-refractivity contribution in [2.24, 2.45) is 5.73 Å². The van der Waals surface area contributed by atoms with Gasteiger partial charge in [0.15, 0.2) is 0 Å². The number of amides is 2. The van der Waals surface area contributed by atoms with Gasteiger partial charge in [-0.15, -0.1) is 19.0 Å². The third-order valence-corrected chi connectivity index (χ3v) is 2.76. The standard InChI is InChI=1S/C15H21N3O2.ClH/c1-3-5-13(16)15(20)18-12-8-6-11(7-9-12)14(19)17-10-4-2;/h4,6-9,13H,2-3,5,10,16H2,1H3,(H,17,19)(H,18,20);1H. The molecule has 1 aromatic carbocycles. The number of hydrogen-bond donors (Lipinski definition) is 3. The summed E-state index contributed by atoms with van der Waals surface area (Å²) in [4.78, 5) is 23.4. The number of rotatable bonds is 7. The van der Waals surface area contributed by atoms with Crippen molar-refractivity contribution >= 4 is 29.9 Å². The number of carbonyl (C=O) groups is 2. The molecule has 0 aromatic heterocycles. The highest BCUT2D eigenvalue weighted by Gasteiger charge is 2.12. The first-order valence-electron chi connectivity index (χ1n) is 6.64. The fourth-order valence-electron chi connectivity index (χ4n) is 1.65. The van der Waals surface area contributed by atoms with E-state index in [2.05, 4.69) is 17.2 Å². The molecule has 4 N–H and O–H groups in total. The molecule has 21 heavy (non-hydrogen) atoms. The zero-order valence-corrected chi connectivity index (χ0v) is 12.9. The Morgan fingerprint density at radius 3 is 2.48 bits per heavy atom. The highest BCUT2D eigenvalue weighted by molar-refractivity contribution is 5.97. The molecule has 1 rings (SSSR count). The molecule has 0 saturated heterocycles. The molecule has 0 bridgehead atoms. The molecule has 2 amide bonds. The maximum absolute atomic E-state index is 11.7. The number of hydrogen-bond acceptors (Lipinski definition) is 3. The van der Waals surface area contributed by atoms with Crippen LogP contribution in [0, 0.1) is 0 Å². The van der Waals surface area contributed by atoms with Crippen LogP contribution in [0.5, 0.6) is 0 Å². The van der Waals surface area contributed by atoms with Gasteiger partial charge in [0.1, 0.15) is 0 Å². The minimum Gasteiger partial charge on any atom is -0.349 e. The van der Waals surface area contributed by atoms with Crippen molar-refractivity contribution in [1.29, 1.82) is 0 Å². The van der Waals surface area contributed by atoms with E-state index in [-0.39, 0.29) is 24.2 Å². The summed E-state index contributed by atoms with van der Waals surface area (Å²) in [6.07, 6.45) is 3.12. The SMILES string of the molecule is C=CCNC(=O)c1ccc(NC(=O)C(N)CCC)cc1.Cl. The van der Waals surface area contributed by atoms with Gasteiger partial charge in [-0.1, -0.05) is 19.4 Å². The molecule has 0 aliphatic rings. The van der Waals surface area contributed by atoms with Crippen LogP contribution >= 0.6 is 12.4 Å². The van der Waals surface area contributed by atoms with Gasteiger partial charge in [-0.3, -0.25) is 9.59 Å². The molecule has 6 heteroatoms. The summed E-state index contributed by atoms with van der Waals surface area (Å²) in [7, 11) is 0. The van der Waals surface area contributed by atoms with E-state index in [4.69, 9.17) is 5.73 Å². The molecule has 0 aliphatic heterocycles. The van der Waals surface area contributed by atoms with Crippen LogP contribution in [-0.2, 0) is 4.79 Å². The van der Waals surface area contributed by atoms with E-state index in [1.54, 1.807) is 30.3 Å². The van der Waals surface area contributed by atoms with E-state index in [0.717, 1.165) is 6.42 Å². The summed E-state index contributed by atoms with van der Waals surface area (Å²) < 4.78 is 0. The lowest BCUT2D eigenvalue weighted by molar-refractivity contribution is -0.117. The zero-order chi connectivity index (χ0) is 15.0. The summed E-state index contributed by atoms with van der Waals surface area (Å²) in [5, 5.41) is 5.40. The lowest BCUT2D eigenvalue weighted by Gasteiger charge is -2.11. The van der Waals surface area contributed by atoms with Gasteiger partial charge in [0.25, 0.3) is 5.91 Å². The Morgan fingerprint density at radius 2 is 1.95 bits per heavy atom. The van der Waals surface area contributed by atoms with Gasteiger partial charge >= 0.3 is 0 Å². The second-order valence-electron chi connectivity index (χ2n) is 4.46. The van der Waals surface area contributed by atoms with Gasteiger partial charge in [-0.05, 0) is 30.7 Å². The van der Waals surface area contributed by atoms with Gasteiger partial charge in [0.05, 0.1) is 6.04 Å². The number of benzene rings is 1. The summed E-state index contributed by atoms with van der Waals surface area (Å²) in [5.74, 6) is -0.388. The highest BCUT2D eigenvalue weighted by Crippen LogP contribution is 2.10. The smallest absolute Gasteiger partial charge is 0.251 e. The predicted molar refractivity (Wildman–Crippen MR) is 87.7 cm³/mol. The average Bonchev–Trinajstić information content (AvgIpc) is 2.45. The molecule has 116 valence electrons. The van der Waals surface area contributed by atoms with Crippen LogP contribution in [0.1, 0.15) is 30.1 Å². The molecule has 0 saturated carbocycles. The molecule has 1 atom stereocenters. The van der Waals surface area contributed by atoms with E-state index in [1.165, 1.54) is 0 Å². The van der Waals surface area contributed by atoms with Crippen molar-refractivity contribution in [3.05, 3.63) is 42.5 Å². The lowest BCUT2D eigenvalue weighted by atomic mass is 10.1. The Hall–Kier alpha value is -1.85. The van der Waals surface area contributed by atoms with Gasteiger partial charge in [-0.25, -0.2) is 0 Å².